The molecule has 68 valence electrons. The maximum atomic E-state index is 5.65. The summed E-state index contributed by atoms with van der Waals surface area (Å²) in [6.07, 6.45) is 2.35. The molecule has 1 nitrogen and oxygen atoms in total. The van der Waals surface area contributed by atoms with Gasteiger partial charge in [-0.2, -0.15) is 0 Å². The standard InChI is InChI=1S/C10H17NS/c1-3-9(7-11)6-10-8(2)4-5-12-10/h4-5,9H,3,6-7,11H2,1-2H3. The molecule has 0 aliphatic rings. The Hall–Kier alpha value is -0.340. The summed E-state index contributed by atoms with van der Waals surface area (Å²) in [4.78, 5) is 1.51. The molecule has 1 aromatic heterocycles. The normalized spacial score (nSPS) is 13.2. The van der Waals surface area contributed by atoms with Crippen LogP contribution in [0, 0.1) is 12.8 Å². The molecule has 0 aliphatic carbocycles. The molecule has 1 aromatic rings. The number of aryl methyl sites for hydroxylation is 1. The molecule has 0 saturated heterocycles. The third-order valence-electron chi connectivity index (χ3n) is 2.35. The van der Waals surface area contributed by atoms with Crippen LogP contribution in [0.3, 0.4) is 0 Å². The molecule has 1 atom stereocenters. The number of nitrogens with two attached hydrogens (primary N) is 1. The van der Waals surface area contributed by atoms with Crippen LogP contribution in [-0.4, -0.2) is 6.54 Å². The quantitative estimate of drug-likeness (QED) is 0.763. The van der Waals surface area contributed by atoms with E-state index in [0.29, 0.717) is 5.92 Å². The van der Waals surface area contributed by atoms with Crippen LogP contribution >= 0.6 is 11.3 Å². The van der Waals surface area contributed by atoms with Crippen molar-refractivity contribution in [3.05, 3.63) is 21.9 Å². The first kappa shape index (κ1) is 9.75. The number of thiophene rings is 1. The molecule has 12 heavy (non-hydrogen) atoms. The number of rotatable bonds is 4. The van der Waals surface area contributed by atoms with Crippen LogP contribution in [-0.2, 0) is 6.42 Å². The van der Waals surface area contributed by atoms with Gasteiger partial charge in [-0.25, -0.2) is 0 Å². The molecule has 0 saturated carbocycles. The minimum Gasteiger partial charge on any atom is -0.330 e. The van der Waals surface area contributed by atoms with Gasteiger partial charge in [0.2, 0.25) is 0 Å². The first-order valence-electron chi connectivity index (χ1n) is 4.51. The summed E-state index contributed by atoms with van der Waals surface area (Å²) in [5.41, 5.74) is 7.08. The molecule has 2 heteroatoms. The Labute approximate surface area is 78.6 Å². The number of hydrogen-bond acceptors (Lipinski definition) is 2. The fraction of sp³-hybridized carbons (Fsp3) is 0.600. The number of hydrogen-bond donors (Lipinski definition) is 1. The SMILES string of the molecule is CCC(CN)Cc1sccc1C. The first-order valence-corrected chi connectivity index (χ1v) is 5.39. The van der Waals surface area contributed by atoms with Crippen molar-refractivity contribution >= 4 is 11.3 Å². The molecule has 2 N–H and O–H groups in total. The van der Waals surface area contributed by atoms with Gasteiger partial charge in [0.15, 0.2) is 0 Å². The summed E-state index contributed by atoms with van der Waals surface area (Å²) < 4.78 is 0. The van der Waals surface area contributed by atoms with Crippen LogP contribution in [0.2, 0.25) is 0 Å². The lowest BCUT2D eigenvalue weighted by atomic mass is 10.0. The Bertz CT molecular complexity index is 225. The average Bonchev–Trinajstić information content (AvgIpc) is 2.47. The zero-order valence-corrected chi connectivity index (χ0v) is 8.66. The average molecular weight is 183 g/mol. The van der Waals surface area contributed by atoms with E-state index in [0.717, 1.165) is 13.0 Å². The maximum Gasteiger partial charge on any atom is 0.00776 e. The predicted octanol–water partition coefficient (Wildman–Crippen LogP) is 2.58. The van der Waals surface area contributed by atoms with Gasteiger partial charge in [-0.15, -0.1) is 11.3 Å². The molecule has 0 spiro atoms. The zero-order valence-electron chi connectivity index (χ0n) is 7.84. The second-order valence-corrected chi connectivity index (χ2v) is 4.24. The van der Waals surface area contributed by atoms with Crippen LogP contribution in [0.15, 0.2) is 11.4 Å². The van der Waals surface area contributed by atoms with Gasteiger partial charge in [-0.1, -0.05) is 13.3 Å². The highest BCUT2D eigenvalue weighted by atomic mass is 32.1. The molecule has 0 amide bonds. The third kappa shape index (κ3) is 2.32. The van der Waals surface area contributed by atoms with Gasteiger partial charge in [-0.05, 0) is 42.8 Å². The molecule has 1 unspecified atom stereocenters. The van der Waals surface area contributed by atoms with Gasteiger partial charge >= 0.3 is 0 Å². The smallest absolute Gasteiger partial charge is 0.00776 e. The van der Waals surface area contributed by atoms with Crippen molar-refractivity contribution in [3.8, 4) is 0 Å². The molecule has 0 aromatic carbocycles. The molecular weight excluding hydrogens is 166 g/mol. The van der Waals surface area contributed by atoms with Crippen LogP contribution in [0.25, 0.3) is 0 Å². The Morgan fingerprint density at radius 3 is 2.75 bits per heavy atom. The highest BCUT2D eigenvalue weighted by Crippen LogP contribution is 2.20. The van der Waals surface area contributed by atoms with Crippen LogP contribution in [0.4, 0.5) is 0 Å². The zero-order chi connectivity index (χ0) is 8.97. The van der Waals surface area contributed by atoms with Gasteiger partial charge < -0.3 is 5.73 Å². The van der Waals surface area contributed by atoms with E-state index >= 15 is 0 Å². The molecule has 1 rings (SSSR count). The lowest BCUT2D eigenvalue weighted by Gasteiger charge is -2.10. The van der Waals surface area contributed by atoms with E-state index in [1.165, 1.54) is 16.9 Å². The Morgan fingerprint density at radius 1 is 1.58 bits per heavy atom. The van der Waals surface area contributed by atoms with Gasteiger partial charge in [-0.3, -0.25) is 0 Å². The predicted molar refractivity (Wildman–Crippen MR) is 55.6 cm³/mol. The van der Waals surface area contributed by atoms with Gasteiger partial charge in [0.1, 0.15) is 0 Å². The highest BCUT2D eigenvalue weighted by molar-refractivity contribution is 7.10. The van der Waals surface area contributed by atoms with Crippen LogP contribution < -0.4 is 5.73 Å². The Kier molecular flexibility index (Phi) is 3.76. The largest absolute Gasteiger partial charge is 0.330 e. The third-order valence-corrected chi connectivity index (χ3v) is 3.40. The fourth-order valence-corrected chi connectivity index (χ4v) is 2.29. The molecule has 1 heterocycles. The molecule has 0 aliphatic heterocycles. The van der Waals surface area contributed by atoms with E-state index in [4.69, 9.17) is 5.73 Å². The van der Waals surface area contributed by atoms with Gasteiger partial charge in [0.25, 0.3) is 0 Å². The van der Waals surface area contributed by atoms with E-state index < -0.39 is 0 Å². The van der Waals surface area contributed by atoms with Crippen molar-refractivity contribution in [2.45, 2.75) is 26.7 Å². The van der Waals surface area contributed by atoms with Crippen molar-refractivity contribution in [1.82, 2.24) is 0 Å². The summed E-state index contributed by atoms with van der Waals surface area (Å²) in [6, 6.07) is 2.18. The maximum absolute atomic E-state index is 5.65. The van der Waals surface area contributed by atoms with Gasteiger partial charge in [0.05, 0.1) is 0 Å². The van der Waals surface area contributed by atoms with E-state index in [1.54, 1.807) is 0 Å². The highest BCUT2D eigenvalue weighted by Gasteiger charge is 2.07. The van der Waals surface area contributed by atoms with E-state index in [1.807, 2.05) is 11.3 Å². The summed E-state index contributed by atoms with van der Waals surface area (Å²) in [6.45, 7) is 5.20. The second-order valence-electron chi connectivity index (χ2n) is 3.24. The molecule has 0 radical (unpaired) electrons. The second kappa shape index (κ2) is 4.63. The van der Waals surface area contributed by atoms with E-state index in [-0.39, 0.29) is 0 Å². The monoisotopic (exact) mass is 183 g/mol. The van der Waals surface area contributed by atoms with Crippen molar-refractivity contribution in [1.29, 1.82) is 0 Å². The minimum atomic E-state index is 0.669. The van der Waals surface area contributed by atoms with Crippen molar-refractivity contribution in [2.24, 2.45) is 11.7 Å². The van der Waals surface area contributed by atoms with Crippen LogP contribution in [0.5, 0.6) is 0 Å². The Balaban J connectivity index is 2.56. The molecule has 0 fully saturated rings. The van der Waals surface area contributed by atoms with Crippen molar-refractivity contribution in [3.63, 3.8) is 0 Å². The van der Waals surface area contributed by atoms with Crippen molar-refractivity contribution in [2.75, 3.05) is 6.54 Å². The summed E-state index contributed by atoms with van der Waals surface area (Å²) >= 11 is 1.85. The van der Waals surface area contributed by atoms with Crippen LogP contribution in [0.1, 0.15) is 23.8 Å². The molecular formula is C10H17NS. The fourth-order valence-electron chi connectivity index (χ4n) is 1.27. The van der Waals surface area contributed by atoms with Gasteiger partial charge in [0, 0.05) is 4.88 Å². The topological polar surface area (TPSA) is 26.0 Å². The Morgan fingerprint density at radius 2 is 2.33 bits per heavy atom. The van der Waals surface area contributed by atoms with E-state index in [9.17, 15) is 0 Å². The molecule has 0 bridgehead atoms. The van der Waals surface area contributed by atoms with Crippen molar-refractivity contribution < 1.29 is 0 Å². The first-order chi connectivity index (χ1) is 5.77. The summed E-state index contributed by atoms with van der Waals surface area (Å²) in [7, 11) is 0. The summed E-state index contributed by atoms with van der Waals surface area (Å²) in [5, 5.41) is 2.16. The lowest BCUT2D eigenvalue weighted by molar-refractivity contribution is 0.522. The lowest BCUT2D eigenvalue weighted by Crippen LogP contribution is -2.15. The van der Waals surface area contributed by atoms with E-state index in [2.05, 4.69) is 25.3 Å². The summed E-state index contributed by atoms with van der Waals surface area (Å²) in [5.74, 6) is 0.669. The minimum absolute atomic E-state index is 0.669.